The first-order valence-electron chi connectivity index (χ1n) is 15.8. The van der Waals surface area contributed by atoms with Crippen LogP contribution in [0.2, 0.25) is 0 Å². The molecule has 2 aliphatic heterocycles. The van der Waals surface area contributed by atoms with Crippen LogP contribution >= 0.6 is 10.8 Å². The molecule has 10 nitrogen and oxygen atoms in total. The van der Waals surface area contributed by atoms with Gasteiger partial charge in [-0.3, -0.25) is 13.9 Å². The quantitative estimate of drug-likeness (QED) is 0.189. The summed E-state index contributed by atoms with van der Waals surface area (Å²) in [5.74, 6) is -4.07. The van der Waals surface area contributed by atoms with E-state index in [4.69, 9.17) is 4.74 Å². The van der Waals surface area contributed by atoms with Crippen molar-refractivity contribution in [3.05, 3.63) is 65.0 Å². The number of piperazine rings is 1. The highest BCUT2D eigenvalue weighted by molar-refractivity contribution is 8.22. The van der Waals surface area contributed by atoms with Gasteiger partial charge in [0, 0.05) is 49.5 Å². The Bertz CT molecular complexity index is 1380. The number of ether oxygens (including phenoxy) is 1. The van der Waals surface area contributed by atoms with Gasteiger partial charge in [0.25, 0.3) is 0 Å². The molecule has 2 bridgehead atoms. The molecule has 3 aliphatic rings. The molecule has 2 saturated heterocycles. The highest BCUT2D eigenvalue weighted by atomic mass is 32.3. The molecule has 1 aliphatic carbocycles. The summed E-state index contributed by atoms with van der Waals surface area (Å²) < 4.78 is 72.6. The van der Waals surface area contributed by atoms with E-state index < -0.39 is 52.2 Å². The van der Waals surface area contributed by atoms with Gasteiger partial charge in [-0.2, -0.15) is 0 Å². The molecule has 6 N–H and O–H groups in total. The molecular weight excluding hydrogens is 625 g/mol. The second kappa shape index (κ2) is 14.9. The molecular formula is C32H43F3N4O6S. The normalized spacial score (nSPS) is 27.9. The molecule has 5 atom stereocenters. The van der Waals surface area contributed by atoms with E-state index in [1.807, 2.05) is 0 Å². The third-order valence-corrected chi connectivity index (χ3v) is 11.7. The molecule has 1 unspecified atom stereocenters. The topological polar surface area (TPSA) is 143 Å². The summed E-state index contributed by atoms with van der Waals surface area (Å²) in [4.78, 5) is 26.0. The second-order valence-electron chi connectivity index (χ2n) is 12.5. The third kappa shape index (κ3) is 7.97. The van der Waals surface area contributed by atoms with E-state index in [-0.39, 0.29) is 54.0 Å². The Morgan fingerprint density at radius 3 is 2.46 bits per heavy atom. The van der Waals surface area contributed by atoms with Gasteiger partial charge >= 0.3 is 6.09 Å². The molecule has 5 rings (SSSR count). The number of carbonyl (C=O) groups excluding carboxylic acids is 1. The highest BCUT2D eigenvalue weighted by Crippen LogP contribution is 2.49. The molecule has 3 fully saturated rings. The van der Waals surface area contributed by atoms with Crippen molar-refractivity contribution in [1.82, 2.24) is 14.9 Å². The smallest absolute Gasteiger partial charge is 0.405 e. The molecule has 0 spiro atoms. The van der Waals surface area contributed by atoms with Crippen LogP contribution < -0.4 is 16.0 Å². The number of anilines is 1. The molecule has 14 heteroatoms. The van der Waals surface area contributed by atoms with E-state index in [0.29, 0.717) is 50.8 Å². The number of carboxylic acid groups (broad SMARTS) is 1. The van der Waals surface area contributed by atoms with Crippen LogP contribution in [-0.4, -0.2) is 80.7 Å². The van der Waals surface area contributed by atoms with Crippen molar-refractivity contribution in [3.8, 4) is 0 Å². The summed E-state index contributed by atoms with van der Waals surface area (Å²) >= 11 is 0. The van der Waals surface area contributed by atoms with Crippen molar-refractivity contribution in [2.75, 3.05) is 31.3 Å². The molecule has 254 valence electrons. The number of carbonyl (C=O) groups is 2. The van der Waals surface area contributed by atoms with Gasteiger partial charge in [0.1, 0.15) is 11.9 Å². The Morgan fingerprint density at radius 2 is 1.78 bits per heavy atom. The number of methoxy groups -OCH3 is 1. The van der Waals surface area contributed by atoms with Crippen molar-refractivity contribution in [2.45, 2.75) is 81.5 Å². The van der Waals surface area contributed by atoms with Crippen LogP contribution in [0, 0.1) is 23.4 Å². The lowest BCUT2D eigenvalue weighted by atomic mass is 9.72. The summed E-state index contributed by atoms with van der Waals surface area (Å²) in [6.07, 6.45) is 2.96. The number of rotatable bonds is 10. The Balaban J connectivity index is 1.41. The van der Waals surface area contributed by atoms with E-state index in [1.54, 1.807) is 11.4 Å². The summed E-state index contributed by atoms with van der Waals surface area (Å²) in [7, 11) is -1.38. The van der Waals surface area contributed by atoms with Crippen LogP contribution in [0.5, 0.6) is 0 Å². The first-order chi connectivity index (χ1) is 22.0. The number of hydrogen-bond donors (Lipinski definition) is 6. The van der Waals surface area contributed by atoms with Gasteiger partial charge in [-0.05, 0) is 87.1 Å². The molecule has 46 heavy (non-hydrogen) atoms. The van der Waals surface area contributed by atoms with Gasteiger partial charge in [-0.15, -0.1) is 10.8 Å². The number of hydrogen-bond acceptors (Lipinski definition) is 7. The van der Waals surface area contributed by atoms with Gasteiger partial charge in [-0.25, -0.2) is 22.3 Å². The SMILES string of the molecule is COC1CCC([C@H](c2ccc(F)cc2)[C@H](NC(=O)O)C(=O)Nc2ccc(F)c(F)c2CC[C@H]2CN[C@@H]3CCCS(O)(O)N2C3)CC1. The number of nitrogens with one attached hydrogen (secondary N) is 3. The lowest BCUT2D eigenvalue weighted by Crippen LogP contribution is -2.55. The number of halogens is 3. The average molecular weight is 669 g/mol. The molecule has 2 aromatic rings. The van der Waals surface area contributed by atoms with Crippen LogP contribution in [0.4, 0.5) is 23.7 Å². The predicted molar refractivity (Wildman–Crippen MR) is 169 cm³/mol. The molecule has 0 radical (unpaired) electrons. The summed E-state index contributed by atoms with van der Waals surface area (Å²) in [5.41, 5.74) is 0.460. The van der Waals surface area contributed by atoms with Crippen molar-refractivity contribution in [3.63, 3.8) is 0 Å². The van der Waals surface area contributed by atoms with Crippen LogP contribution in [-0.2, 0) is 16.0 Å². The number of benzene rings is 2. The van der Waals surface area contributed by atoms with Crippen LogP contribution in [0.3, 0.4) is 0 Å². The first-order valence-corrected chi connectivity index (χ1v) is 17.5. The molecule has 0 aromatic heterocycles. The average Bonchev–Trinajstić information content (AvgIpc) is 3.15. The van der Waals surface area contributed by atoms with Crippen molar-refractivity contribution >= 4 is 28.5 Å². The fourth-order valence-corrected chi connectivity index (χ4v) is 9.17. The Labute approximate surface area is 268 Å². The van der Waals surface area contributed by atoms with Gasteiger partial charge in [0.05, 0.1) is 11.9 Å². The second-order valence-corrected chi connectivity index (χ2v) is 14.7. The maximum atomic E-state index is 15.4. The Hall–Kier alpha value is -2.88. The minimum absolute atomic E-state index is 0.00819. The summed E-state index contributed by atoms with van der Waals surface area (Å²) in [5, 5.41) is 18.2. The third-order valence-electron chi connectivity index (χ3n) is 9.71. The van der Waals surface area contributed by atoms with Crippen molar-refractivity contribution < 1.29 is 41.7 Å². The maximum absolute atomic E-state index is 15.4. The minimum atomic E-state index is -3.01. The maximum Gasteiger partial charge on any atom is 0.405 e. The van der Waals surface area contributed by atoms with E-state index >= 15 is 4.39 Å². The number of fused-ring (bicyclic) bond motifs is 2. The zero-order valence-corrected chi connectivity index (χ0v) is 26.6. The zero-order valence-electron chi connectivity index (χ0n) is 25.8. The molecule has 2 amide bonds. The van der Waals surface area contributed by atoms with Crippen molar-refractivity contribution in [1.29, 1.82) is 0 Å². The van der Waals surface area contributed by atoms with Gasteiger partial charge < -0.3 is 25.8 Å². The zero-order chi connectivity index (χ0) is 33.0. The molecule has 2 aromatic carbocycles. The monoisotopic (exact) mass is 668 g/mol. The van der Waals surface area contributed by atoms with Gasteiger partial charge in [-0.1, -0.05) is 12.1 Å². The number of amides is 2. The predicted octanol–water partition coefficient (Wildman–Crippen LogP) is 5.70. The Kier molecular flexibility index (Phi) is 11.2. The minimum Gasteiger partial charge on any atom is -0.465 e. The highest BCUT2D eigenvalue weighted by Gasteiger charge is 2.40. The van der Waals surface area contributed by atoms with E-state index in [2.05, 4.69) is 16.0 Å². The van der Waals surface area contributed by atoms with Gasteiger partial charge in [0.2, 0.25) is 5.91 Å². The van der Waals surface area contributed by atoms with Gasteiger partial charge in [0.15, 0.2) is 11.6 Å². The number of nitrogens with zero attached hydrogens (tertiary/aromatic N) is 1. The van der Waals surface area contributed by atoms with Crippen LogP contribution in [0.15, 0.2) is 36.4 Å². The van der Waals surface area contributed by atoms with Crippen LogP contribution in [0.1, 0.15) is 62.0 Å². The first kappa shape index (κ1) is 34.5. The molecule has 1 saturated carbocycles. The van der Waals surface area contributed by atoms with E-state index in [0.717, 1.165) is 12.5 Å². The van der Waals surface area contributed by atoms with E-state index in [9.17, 15) is 32.6 Å². The fourth-order valence-electron chi connectivity index (χ4n) is 7.31. The lowest BCUT2D eigenvalue weighted by Gasteiger charge is -2.49. The summed E-state index contributed by atoms with van der Waals surface area (Å²) in [6, 6.07) is 6.14. The Morgan fingerprint density at radius 1 is 1.07 bits per heavy atom. The van der Waals surface area contributed by atoms with E-state index in [1.165, 1.54) is 30.3 Å². The standard InChI is InChI=1S/C32H43F3N4O6S/c1-45-24-11-6-20(7-12-24)28(19-4-8-21(33)9-5-19)30(38-32(41)42)31(40)37-27-15-14-26(34)29(35)25(27)13-10-23-17-36-22-3-2-16-46(43,44)39(23)18-22/h4-5,8-9,14-15,20,22-24,28,30,36,38,43-44H,2-3,6-7,10-13,16-18H2,1H3,(H,37,40)(H,41,42)/t20?,22-,23+,24?,28+,30+/m1/s1. The molecule has 2 heterocycles. The van der Waals surface area contributed by atoms with Crippen LogP contribution in [0.25, 0.3) is 0 Å². The fraction of sp³-hybridized carbons (Fsp3) is 0.562. The summed E-state index contributed by atoms with van der Waals surface area (Å²) in [6.45, 7) is 0.871. The van der Waals surface area contributed by atoms with Crippen molar-refractivity contribution in [2.24, 2.45) is 5.92 Å². The largest absolute Gasteiger partial charge is 0.465 e. The lowest BCUT2D eigenvalue weighted by molar-refractivity contribution is -0.119.